The van der Waals surface area contributed by atoms with Crippen molar-refractivity contribution in [2.24, 2.45) is 0 Å². The van der Waals surface area contributed by atoms with E-state index >= 15 is 0 Å². The highest BCUT2D eigenvalue weighted by Gasteiger charge is 2.18. The minimum Gasteiger partial charge on any atom is -0.347 e. The topological polar surface area (TPSA) is 108 Å². The van der Waals surface area contributed by atoms with Crippen LogP contribution in [0, 0.1) is 10.1 Å². The lowest BCUT2D eigenvalue weighted by Crippen LogP contribution is -2.49. The molecule has 1 aliphatic heterocycles. The molecule has 1 aliphatic rings. The highest BCUT2D eigenvalue weighted by Crippen LogP contribution is 2.14. The molecule has 0 atom stereocenters. The fraction of sp³-hybridized carbons (Fsp3) is 0.364. The average Bonchev–Trinajstić information content (AvgIpc) is 2.79. The van der Waals surface area contributed by atoms with Gasteiger partial charge in [-0.25, -0.2) is 0 Å². The van der Waals surface area contributed by atoms with Crippen LogP contribution in [-0.4, -0.2) is 65.8 Å². The van der Waals surface area contributed by atoms with Crippen LogP contribution in [0.1, 0.15) is 11.1 Å². The van der Waals surface area contributed by atoms with Crippen molar-refractivity contribution < 1.29 is 14.5 Å². The standard InChI is InChI=1S/C22H27N5O4/c28-21(22(29)24-16-18-4-2-1-3-5-18)23-10-11-25-12-14-26(15-13-25)17-19-6-8-20(9-7-19)27(30)31/h1-9H,10-17H2,(H,23,28)(H,24,29). The van der Waals surface area contributed by atoms with Crippen LogP contribution in [-0.2, 0) is 22.7 Å². The molecule has 0 radical (unpaired) electrons. The number of hydrogen-bond donors (Lipinski definition) is 2. The summed E-state index contributed by atoms with van der Waals surface area (Å²) in [6.07, 6.45) is 0. The molecule has 2 aromatic carbocycles. The van der Waals surface area contributed by atoms with Crippen LogP contribution in [0.15, 0.2) is 54.6 Å². The van der Waals surface area contributed by atoms with Gasteiger partial charge in [0.2, 0.25) is 0 Å². The predicted molar refractivity (Wildman–Crippen MR) is 116 cm³/mol. The molecular weight excluding hydrogens is 398 g/mol. The first kappa shape index (κ1) is 22.4. The number of piperazine rings is 1. The maximum Gasteiger partial charge on any atom is 0.309 e. The second-order valence-electron chi connectivity index (χ2n) is 7.47. The number of carbonyl (C=O) groups excluding carboxylic acids is 2. The number of amides is 2. The van der Waals surface area contributed by atoms with E-state index in [1.165, 1.54) is 12.1 Å². The lowest BCUT2D eigenvalue weighted by molar-refractivity contribution is -0.384. The number of rotatable bonds is 8. The van der Waals surface area contributed by atoms with Crippen LogP contribution < -0.4 is 10.6 Å². The third-order valence-corrected chi connectivity index (χ3v) is 5.23. The zero-order valence-electron chi connectivity index (χ0n) is 17.3. The number of nitrogens with one attached hydrogen (secondary N) is 2. The van der Waals surface area contributed by atoms with E-state index in [9.17, 15) is 19.7 Å². The van der Waals surface area contributed by atoms with Crippen LogP contribution >= 0.6 is 0 Å². The summed E-state index contributed by atoms with van der Waals surface area (Å²) < 4.78 is 0. The molecule has 9 heteroatoms. The van der Waals surface area contributed by atoms with Gasteiger partial charge in [-0.05, 0) is 11.1 Å². The monoisotopic (exact) mass is 425 g/mol. The Bertz CT molecular complexity index is 881. The Morgan fingerprint density at radius 1 is 0.839 bits per heavy atom. The summed E-state index contributed by atoms with van der Waals surface area (Å²) in [7, 11) is 0. The Balaban J connectivity index is 1.30. The first-order chi connectivity index (χ1) is 15.0. The number of nitrogens with zero attached hydrogens (tertiary/aromatic N) is 3. The van der Waals surface area contributed by atoms with E-state index in [0.29, 0.717) is 19.6 Å². The van der Waals surface area contributed by atoms with Crippen LogP contribution in [0.3, 0.4) is 0 Å². The van der Waals surface area contributed by atoms with Gasteiger partial charge in [-0.15, -0.1) is 0 Å². The van der Waals surface area contributed by atoms with Crippen molar-refractivity contribution >= 4 is 17.5 Å². The Morgan fingerprint density at radius 3 is 2.10 bits per heavy atom. The molecule has 3 rings (SSSR count). The fourth-order valence-corrected chi connectivity index (χ4v) is 3.42. The number of hydrogen-bond acceptors (Lipinski definition) is 6. The van der Waals surface area contributed by atoms with Crippen molar-refractivity contribution in [2.45, 2.75) is 13.1 Å². The smallest absolute Gasteiger partial charge is 0.309 e. The van der Waals surface area contributed by atoms with Gasteiger partial charge in [0, 0.05) is 64.5 Å². The maximum absolute atomic E-state index is 11.9. The molecule has 0 saturated carbocycles. The third kappa shape index (κ3) is 7.16. The highest BCUT2D eigenvalue weighted by atomic mass is 16.6. The molecule has 1 saturated heterocycles. The Morgan fingerprint density at radius 2 is 1.45 bits per heavy atom. The van der Waals surface area contributed by atoms with Crippen molar-refractivity contribution in [3.8, 4) is 0 Å². The van der Waals surface area contributed by atoms with Gasteiger partial charge in [0.05, 0.1) is 4.92 Å². The Hall–Kier alpha value is -3.30. The third-order valence-electron chi connectivity index (χ3n) is 5.23. The van der Waals surface area contributed by atoms with E-state index in [1.54, 1.807) is 12.1 Å². The molecule has 1 heterocycles. The number of nitro benzene ring substituents is 1. The molecule has 31 heavy (non-hydrogen) atoms. The van der Waals surface area contributed by atoms with Gasteiger partial charge >= 0.3 is 11.8 Å². The molecule has 164 valence electrons. The zero-order valence-corrected chi connectivity index (χ0v) is 17.3. The van der Waals surface area contributed by atoms with Crippen molar-refractivity contribution in [3.63, 3.8) is 0 Å². The summed E-state index contributed by atoms with van der Waals surface area (Å²) in [5.41, 5.74) is 2.09. The van der Waals surface area contributed by atoms with E-state index in [4.69, 9.17) is 0 Å². The summed E-state index contributed by atoms with van der Waals surface area (Å²) >= 11 is 0. The quantitative estimate of drug-likeness (QED) is 0.373. The molecule has 0 spiro atoms. The second kappa shape index (κ2) is 11.2. The zero-order chi connectivity index (χ0) is 22.1. The largest absolute Gasteiger partial charge is 0.347 e. The minimum absolute atomic E-state index is 0.101. The summed E-state index contributed by atoms with van der Waals surface area (Å²) in [5.74, 6) is -1.25. The van der Waals surface area contributed by atoms with E-state index in [-0.39, 0.29) is 5.69 Å². The van der Waals surface area contributed by atoms with Gasteiger partial charge in [0.1, 0.15) is 0 Å². The van der Waals surface area contributed by atoms with E-state index in [2.05, 4.69) is 20.4 Å². The summed E-state index contributed by atoms with van der Waals surface area (Å²) in [4.78, 5) is 38.7. The summed E-state index contributed by atoms with van der Waals surface area (Å²) in [6.45, 7) is 5.66. The lowest BCUT2D eigenvalue weighted by Gasteiger charge is -2.34. The number of benzene rings is 2. The normalized spacial score (nSPS) is 14.7. The van der Waals surface area contributed by atoms with Crippen LogP contribution in [0.25, 0.3) is 0 Å². The van der Waals surface area contributed by atoms with E-state index < -0.39 is 16.7 Å². The number of non-ortho nitro benzene ring substituents is 1. The van der Waals surface area contributed by atoms with Crippen molar-refractivity contribution in [1.29, 1.82) is 0 Å². The molecule has 0 unspecified atom stereocenters. The highest BCUT2D eigenvalue weighted by molar-refractivity contribution is 6.35. The molecule has 0 aromatic heterocycles. The molecule has 9 nitrogen and oxygen atoms in total. The number of nitro groups is 1. The Labute approximate surface area is 181 Å². The van der Waals surface area contributed by atoms with Crippen molar-refractivity contribution in [3.05, 3.63) is 75.8 Å². The van der Waals surface area contributed by atoms with Crippen LogP contribution in [0.5, 0.6) is 0 Å². The Kier molecular flexibility index (Phi) is 8.08. The summed E-state index contributed by atoms with van der Waals surface area (Å²) in [5, 5.41) is 16.0. The predicted octanol–water partition coefficient (Wildman–Crippen LogP) is 1.15. The molecule has 1 fully saturated rings. The molecule has 0 bridgehead atoms. The van der Waals surface area contributed by atoms with Crippen molar-refractivity contribution in [2.75, 3.05) is 39.3 Å². The minimum atomic E-state index is -0.628. The number of carbonyl (C=O) groups is 2. The molecular formula is C22H27N5O4. The first-order valence-corrected chi connectivity index (χ1v) is 10.3. The average molecular weight is 425 g/mol. The second-order valence-corrected chi connectivity index (χ2v) is 7.47. The van der Waals surface area contributed by atoms with Gasteiger partial charge in [0.25, 0.3) is 5.69 Å². The van der Waals surface area contributed by atoms with Gasteiger partial charge in [-0.1, -0.05) is 42.5 Å². The molecule has 2 N–H and O–H groups in total. The summed E-state index contributed by atoms with van der Waals surface area (Å²) in [6, 6.07) is 16.1. The maximum atomic E-state index is 11.9. The molecule has 0 aliphatic carbocycles. The van der Waals surface area contributed by atoms with Crippen LogP contribution in [0.4, 0.5) is 5.69 Å². The fourth-order valence-electron chi connectivity index (χ4n) is 3.42. The van der Waals surface area contributed by atoms with E-state index in [1.807, 2.05) is 30.3 Å². The van der Waals surface area contributed by atoms with Gasteiger partial charge < -0.3 is 10.6 Å². The molecule has 2 aromatic rings. The van der Waals surface area contributed by atoms with E-state index in [0.717, 1.165) is 43.9 Å². The first-order valence-electron chi connectivity index (χ1n) is 10.3. The van der Waals surface area contributed by atoms with Gasteiger partial charge in [0.15, 0.2) is 0 Å². The molecule has 2 amide bonds. The van der Waals surface area contributed by atoms with Gasteiger partial charge in [-0.3, -0.25) is 29.5 Å². The SMILES string of the molecule is O=C(NCCN1CCN(Cc2ccc([N+](=O)[O-])cc2)CC1)C(=O)NCc1ccccc1. The van der Waals surface area contributed by atoms with Crippen LogP contribution in [0.2, 0.25) is 0 Å². The lowest BCUT2D eigenvalue weighted by atomic mass is 10.2. The van der Waals surface area contributed by atoms with Gasteiger partial charge in [-0.2, -0.15) is 0 Å². The van der Waals surface area contributed by atoms with Crippen molar-refractivity contribution in [1.82, 2.24) is 20.4 Å².